The van der Waals surface area contributed by atoms with Crippen LogP contribution in [0.15, 0.2) is 91.0 Å². The number of ether oxygens (including phenoxy) is 9. The highest BCUT2D eigenvalue weighted by Gasteiger charge is 2.54. The average molecular weight is 669 g/mol. The molecule has 2 saturated heterocycles. The molecule has 0 bridgehead atoms. The zero-order valence-corrected chi connectivity index (χ0v) is 27.2. The Morgan fingerprint density at radius 2 is 1.25 bits per heavy atom. The molecule has 0 unspecified atom stereocenters. The second-order valence-corrected chi connectivity index (χ2v) is 11.5. The summed E-state index contributed by atoms with van der Waals surface area (Å²) in [5.74, 6) is -0.677. The molecule has 2 heterocycles. The molecule has 2 aliphatic rings. The van der Waals surface area contributed by atoms with Crippen LogP contribution in [0, 0.1) is 0 Å². The lowest BCUT2D eigenvalue weighted by Crippen LogP contribution is -2.66. The van der Waals surface area contributed by atoms with Crippen LogP contribution in [0.1, 0.15) is 21.5 Å². The highest BCUT2D eigenvalue weighted by molar-refractivity contribution is 5.89. The molecule has 2 fully saturated rings. The molecule has 12 heteroatoms. The van der Waals surface area contributed by atoms with Gasteiger partial charge in [0.2, 0.25) is 0 Å². The van der Waals surface area contributed by atoms with E-state index in [-0.39, 0.29) is 18.8 Å². The van der Waals surface area contributed by atoms with Gasteiger partial charge in [-0.15, -0.1) is 0 Å². The summed E-state index contributed by atoms with van der Waals surface area (Å²) in [5, 5.41) is 21.1. The number of hydrogen-bond donors (Lipinski definition) is 2. The molecule has 260 valence electrons. The van der Waals surface area contributed by atoms with E-state index in [9.17, 15) is 15.0 Å². The summed E-state index contributed by atoms with van der Waals surface area (Å²) in [4.78, 5) is 13.3. The monoisotopic (exact) mass is 668 g/mol. The summed E-state index contributed by atoms with van der Waals surface area (Å²) < 4.78 is 54.8. The van der Waals surface area contributed by atoms with Gasteiger partial charge in [-0.2, -0.15) is 0 Å². The summed E-state index contributed by atoms with van der Waals surface area (Å²) in [7, 11) is 4.40. The molecule has 0 spiro atoms. The second kappa shape index (κ2) is 17.9. The number of carbonyl (C=O) groups excluding carboxylic acids is 1. The molecule has 0 aliphatic carbocycles. The smallest absolute Gasteiger partial charge is 0.338 e. The molecule has 3 aromatic rings. The Hall–Kier alpha value is -3.27. The van der Waals surface area contributed by atoms with Crippen molar-refractivity contribution < 1.29 is 57.6 Å². The van der Waals surface area contributed by atoms with Crippen LogP contribution in [0.5, 0.6) is 0 Å². The molecule has 0 saturated carbocycles. The van der Waals surface area contributed by atoms with Gasteiger partial charge >= 0.3 is 5.97 Å². The molecular formula is C36H44O12. The first-order chi connectivity index (χ1) is 23.5. The zero-order chi connectivity index (χ0) is 33.9. The maximum atomic E-state index is 13.3. The highest BCUT2D eigenvalue weighted by Crippen LogP contribution is 2.34. The third kappa shape index (κ3) is 8.84. The summed E-state index contributed by atoms with van der Waals surface area (Å²) in [5.41, 5.74) is 2.18. The van der Waals surface area contributed by atoms with Crippen molar-refractivity contribution in [3.05, 3.63) is 108 Å². The number of carbonyl (C=O) groups is 1. The number of methoxy groups -OCH3 is 3. The van der Waals surface area contributed by atoms with Crippen LogP contribution in [-0.2, 0) is 55.8 Å². The molecule has 3 aromatic carbocycles. The lowest BCUT2D eigenvalue weighted by Gasteiger charge is -2.48. The Labute approximate surface area is 280 Å². The highest BCUT2D eigenvalue weighted by atomic mass is 16.8. The van der Waals surface area contributed by atoms with Gasteiger partial charge in [-0.1, -0.05) is 78.9 Å². The number of aliphatic hydroxyl groups excluding tert-OH is 2. The van der Waals surface area contributed by atoms with Gasteiger partial charge in [-0.05, 0) is 23.3 Å². The van der Waals surface area contributed by atoms with Crippen LogP contribution >= 0.6 is 0 Å². The second-order valence-electron chi connectivity index (χ2n) is 11.5. The van der Waals surface area contributed by atoms with E-state index in [1.807, 2.05) is 60.7 Å². The van der Waals surface area contributed by atoms with E-state index >= 15 is 0 Å². The zero-order valence-electron chi connectivity index (χ0n) is 27.2. The van der Waals surface area contributed by atoms with Gasteiger partial charge in [0, 0.05) is 21.3 Å². The summed E-state index contributed by atoms with van der Waals surface area (Å²) >= 11 is 0. The quantitative estimate of drug-likeness (QED) is 0.230. The molecule has 48 heavy (non-hydrogen) atoms. The van der Waals surface area contributed by atoms with E-state index in [0.29, 0.717) is 6.61 Å². The molecule has 5 rings (SSSR count). The van der Waals surface area contributed by atoms with Gasteiger partial charge in [-0.3, -0.25) is 0 Å². The first-order valence-electron chi connectivity index (χ1n) is 15.8. The van der Waals surface area contributed by atoms with E-state index < -0.39 is 74.0 Å². The maximum absolute atomic E-state index is 13.3. The fraction of sp³-hybridized carbons (Fsp3) is 0.472. The predicted octanol–water partition coefficient (Wildman–Crippen LogP) is 2.88. The fourth-order valence-electron chi connectivity index (χ4n) is 5.91. The minimum atomic E-state index is -1.33. The van der Waals surface area contributed by atoms with Crippen LogP contribution in [0.2, 0.25) is 0 Å². The van der Waals surface area contributed by atoms with E-state index in [1.165, 1.54) is 21.3 Å². The Morgan fingerprint density at radius 1 is 0.667 bits per heavy atom. The van der Waals surface area contributed by atoms with Crippen molar-refractivity contribution in [3.63, 3.8) is 0 Å². The van der Waals surface area contributed by atoms with Crippen LogP contribution in [0.4, 0.5) is 0 Å². The molecule has 0 amide bonds. The van der Waals surface area contributed by atoms with Crippen LogP contribution in [-0.4, -0.2) is 112 Å². The van der Waals surface area contributed by atoms with Crippen molar-refractivity contribution >= 4 is 5.97 Å². The number of benzene rings is 3. The Kier molecular flexibility index (Phi) is 13.5. The normalized spacial score (nSPS) is 30.5. The predicted molar refractivity (Wildman–Crippen MR) is 171 cm³/mol. The molecule has 2 N–H and O–H groups in total. The topological polar surface area (TPSA) is 141 Å². The van der Waals surface area contributed by atoms with Crippen molar-refractivity contribution in [3.8, 4) is 0 Å². The minimum absolute atomic E-state index is 0.0611. The third-order valence-corrected chi connectivity index (χ3v) is 8.39. The average Bonchev–Trinajstić information content (AvgIpc) is 3.13. The molecule has 0 radical (unpaired) electrons. The number of rotatable bonds is 15. The summed E-state index contributed by atoms with van der Waals surface area (Å²) in [6.45, 7) is 0.0512. The molecule has 10 atom stereocenters. The molecule has 0 aromatic heterocycles. The summed E-state index contributed by atoms with van der Waals surface area (Å²) in [6, 6.07) is 27.7. The molecule has 2 aliphatic heterocycles. The maximum Gasteiger partial charge on any atom is 0.338 e. The number of esters is 1. The van der Waals surface area contributed by atoms with E-state index in [4.69, 9.17) is 42.6 Å². The van der Waals surface area contributed by atoms with Crippen LogP contribution in [0.25, 0.3) is 0 Å². The first kappa shape index (κ1) is 36.0. The lowest BCUT2D eigenvalue weighted by molar-refractivity contribution is -0.364. The Morgan fingerprint density at radius 3 is 1.83 bits per heavy atom. The van der Waals surface area contributed by atoms with Crippen molar-refractivity contribution in [2.24, 2.45) is 0 Å². The Balaban J connectivity index is 1.44. The van der Waals surface area contributed by atoms with Crippen molar-refractivity contribution in [1.29, 1.82) is 0 Å². The van der Waals surface area contributed by atoms with Crippen molar-refractivity contribution in [2.75, 3.05) is 34.5 Å². The molecule has 12 nitrogen and oxygen atoms in total. The Bertz CT molecular complexity index is 1360. The SMILES string of the molecule is CO[C@H]1O[C@H](COCc2ccccc2)[C@@H](O[C@@H]2O[C@@H](CO)[C@@H](O)[C@H](OC)[C@H]2OC(=O)c2ccccc2)[C@H](OC)[C@H]1OCc1ccccc1. The lowest BCUT2D eigenvalue weighted by atomic mass is 9.96. The van der Waals surface area contributed by atoms with E-state index in [0.717, 1.165) is 11.1 Å². The van der Waals surface area contributed by atoms with Gasteiger partial charge in [-0.25, -0.2) is 4.79 Å². The van der Waals surface area contributed by atoms with Gasteiger partial charge in [0.15, 0.2) is 18.7 Å². The van der Waals surface area contributed by atoms with E-state index in [2.05, 4.69) is 0 Å². The number of hydrogen-bond acceptors (Lipinski definition) is 12. The number of aliphatic hydroxyl groups is 2. The van der Waals surface area contributed by atoms with Crippen molar-refractivity contribution in [2.45, 2.75) is 74.6 Å². The van der Waals surface area contributed by atoms with E-state index in [1.54, 1.807) is 30.3 Å². The molecular weight excluding hydrogens is 624 g/mol. The van der Waals surface area contributed by atoms with Crippen molar-refractivity contribution in [1.82, 2.24) is 0 Å². The minimum Gasteiger partial charge on any atom is -0.450 e. The standard InChI is InChI=1S/C36H44O12/c1-40-30-28(38)26(19-37)45-36(33(30)47-34(39)25-17-11-6-12-18-25)48-29-27(22-43-20-23-13-7-4-8-14-23)46-35(42-3)32(31(29)41-2)44-21-24-15-9-5-10-16-24/h4-18,26-33,35-38H,19-22H2,1-3H3/t26-,27+,28+,29+,30-,31-,32+,33+,35-,36-/m0/s1. The van der Waals surface area contributed by atoms with Crippen LogP contribution < -0.4 is 0 Å². The van der Waals surface area contributed by atoms with Gasteiger partial charge < -0.3 is 52.8 Å². The third-order valence-electron chi connectivity index (χ3n) is 8.39. The first-order valence-corrected chi connectivity index (χ1v) is 15.8. The van der Waals surface area contributed by atoms with Crippen LogP contribution in [0.3, 0.4) is 0 Å². The van der Waals surface area contributed by atoms with Gasteiger partial charge in [0.25, 0.3) is 0 Å². The van der Waals surface area contributed by atoms with Gasteiger partial charge in [0.1, 0.15) is 42.7 Å². The summed E-state index contributed by atoms with van der Waals surface area (Å²) in [6.07, 6.45) is -10.3. The largest absolute Gasteiger partial charge is 0.450 e. The van der Waals surface area contributed by atoms with Gasteiger partial charge in [0.05, 0.1) is 32.0 Å². The fourth-order valence-corrected chi connectivity index (χ4v) is 5.91.